The molecule has 0 radical (unpaired) electrons. The van der Waals surface area contributed by atoms with Gasteiger partial charge in [-0.1, -0.05) is 0 Å². The molecule has 3 aromatic rings. The molecule has 0 bridgehead atoms. The SMILES string of the molecule is Cc1ccc(-c2csc3ncn(C[C@H]4CCCO4)c(=O)c23)s1. The highest BCUT2D eigenvalue weighted by Gasteiger charge is 2.19. The summed E-state index contributed by atoms with van der Waals surface area (Å²) in [5.74, 6) is 0. The Morgan fingerprint density at radius 2 is 2.36 bits per heavy atom. The lowest BCUT2D eigenvalue weighted by molar-refractivity contribution is 0.0960. The lowest BCUT2D eigenvalue weighted by atomic mass is 10.2. The van der Waals surface area contributed by atoms with E-state index in [1.165, 1.54) is 16.2 Å². The Kier molecular flexibility index (Phi) is 3.60. The molecule has 3 aromatic heterocycles. The van der Waals surface area contributed by atoms with E-state index in [0.717, 1.165) is 40.1 Å². The molecule has 4 nitrogen and oxygen atoms in total. The smallest absolute Gasteiger partial charge is 0.262 e. The molecule has 1 aliphatic rings. The van der Waals surface area contributed by atoms with E-state index in [0.29, 0.717) is 6.54 Å². The first-order chi connectivity index (χ1) is 10.7. The van der Waals surface area contributed by atoms with Gasteiger partial charge in [0.1, 0.15) is 4.83 Å². The second-order valence-corrected chi connectivity index (χ2v) is 7.72. The third kappa shape index (κ3) is 2.41. The van der Waals surface area contributed by atoms with Crippen molar-refractivity contribution in [2.24, 2.45) is 0 Å². The third-order valence-electron chi connectivity index (χ3n) is 3.99. The zero-order chi connectivity index (χ0) is 15.1. The van der Waals surface area contributed by atoms with E-state index in [4.69, 9.17) is 4.74 Å². The third-order valence-corrected chi connectivity index (χ3v) is 5.91. The van der Waals surface area contributed by atoms with Crippen LogP contribution in [0, 0.1) is 6.92 Å². The number of aryl methyl sites for hydroxylation is 1. The monoisotopic (exact) mass is 332 g/mol. The molecular formula is C16H16N2O2S2. The van der Waals surface area contributed by atoms with Crippen LogP contribution in [0.1, 0.15) is 17.7 Å². The van der Waals surface area contributed by atoms with Crippen LogP contribution in [0.3, 0.4) is 0 Å². The van der Waals surface area contributed by atoms with Crippen LogP contribution in [0.25, 0.3) is 20.7 Å². The van der Waals surface area contributed by atoms with Gasteiger partial charge >= 0.3 is 0 Å². The quantitative estimate of drug-likeness (QED) is 0.735. The van der Waals surface area contributed by atoms with E-state index in [1.807, 2.05) is 5.38 Å². The van der Waals surface area contributed by atoms with Crippen LogP contribution in [-0.4, -0.2) is 22.3 Å². The van der Waals surface area contributed by atoms with Gasteiger partial charge in [0, 0.05) is 27.3 Å². The lowest BCUT2D eigenvalue weighted by Crippen LogP contribution is -2.26. The van der Waals surface area contributed by atoms with Crippen molar-refractivity contribution in [2.45, 2.75) is 32.4 Å². The van der Waals surface area contributed by atoms with Gasteiger partial charge in [-0.25, -0.2) is 4.98 Å². The number of thiophene rings is 2. The predicted octanol–water partition coefficient (Wildman–Crippen LogP) is 3.67. The minimum atomic E-state index is 0.0443. The largest absolute Gasteiger partial charge is 0.376 e. The fraction of sp³-hybridized carbons (Fsp3) is 0.375. The molecular weight excluding hydrogens is 316 g/mol. The highest BCUT2D eigenvalue weighted by Crippen LogP contribution is 2.34. The number of hydrogen-bond acceptors (Lipinski definition) is 5. The van der Waals surface area contributed by atoms with E-state index in [1.54, 1.807) is 22.2 Å². The van der Waals surface area contributed by atoms with Gasteiger partial charge in [-0.3, -0.25) is 9.36 Å². The highest BCUT2D eigenvalue weighted by molar-refractivity contribution is 7.19. The molecule has 1 aliphatic heterocycles. The fourth-order valence-electron chi connectivity index (χ4n) is 2.87. The summed E-state index contributed by atoms with van der Waals surface area (Å²) in [5, 5.41) is 2.79. The first kappa shape index (κ1) is 14.1. The predicted molar refractivity (Wildman–Crippen MR) is 90.9 cm³/mol. The van der Waals surface area contributed by atoms with Crippen molar-refractivity contribution < 1.29 is 4.74 Å². The summed E-state index contributed by atoms with van der Waals surface area (Å²) in [6, 6.07) is 4.17. The highest BCUT2D eigenvalue weighted by atomic mass is 32.1. The molecule has 0 saturated carbocycles. The summed E-state index contributed by atoms with van der Waals surface area (Å²) in [6.07, 6.45) is 3.90. The van der Waals surface area contributed by atoms with Gasteiger partial charge in [-0.05, 0) is 31.9 Å². The molecule has 4 rings (SSSR count). The van der Waals surface area contributed by atoms with E-state index in [2.05, 4.69) is 24.0 Å². The first-order valence-electron chi connectivity index (χ1n) is 7.37. The molecule has 0 spiro atoms. The van der Waals surface area contributed by atoms with Crippen molar-refractivity contribution in [2.75, 3.05) is 6.61 Å². The number of ether oxygens (including phenoxy) is 1. The number of hydrogen-bond donors (Lipinski definition) is 0. The van der Waals surface area contributed by atoms with Gasteiger partial charge in [0.2, 0.25) is 0 Å². The average molecular weight is 332 g/mol. The Bertz CT molecular complexity index is 872. The van der Waals surface area contributed by atoms with Crippen molar-refractivity contribution in [1.29, 1.82) is 0 Å². The molecule has 6 heteroatoms. The molecule has 1 saturated heterocycles. The summed E-state index contributed by atoms with van der Waals surface area (Å²) >= 11 is 3.25. The maximum absolute atomic E-state index is 12.9. The summed E-state index contributed by atoms with van der Waals surface area (Å²) in [7, 11) is 0. The van der Waals surface area contributed by atoms with Gasteiger partial charge in [-0.15, -0.1) is 22.7 Å². The van der Waals surface area contributed by atoms with E-state index in [9.17, 15) is 4.79 Å². The Hall–Kier alpha value is -1.50. The zero-order valence-electron chi connectivity index (χ0n) is 12.2. The minimum Gasteiger partial charge on any atom is -0.376 e. The molecule has 22 heavy (non-hydrogen) atoms. The van der Waals surface area contributed by atoms with E-state index in [-0.39, 0.29) is 11.7 Å². The summed E-state index contributed by atoms with van der Waals surface area (Å²) in [6.45, 7) is 3.48. The van der Waals surface area contributed by atoms with Crippen LogP contribution in [-0.2, 0) is 11.3 Å². The Labute approximate surface area is 136 Å². The molecule has 0 N–H and O–H groups in total. The topological polar surface area (TPSA) is 44.1 Å². The first-order valence-corrected chi connectivity index (χ1v) is 9.07. The summed E-state index contributed by atoms with van der Waals surface area (Å²) < 4.78 is 7.34. The second kappa shape index (κ2) is 5.61. The van der Waals surface area contributed by atoms with Crippen molar-refractivity contribution in [3.05, 3.63) is 39.1 Å². The van der Waals surface area contributed by atoms with Gasteiger partial charge in [-0.2, -0.15) is 0 Å². The molecule has 1 fully saturated rings. The number of rotatable bonds is 3. The van der Waals surface area contributed by atoms with Gasteiger partial charge in [0.05, 0.1) is 24.4 Å². The van der Waals surface area contributed by atoms with Gasteiger partial charge < -0.3 is 4.74 Å². The molecule has 1 atom stereocenters. The standard InChI is InChI=1S/C16H16N2O2S2/c1-10-4-5-13(22-10)12-8-21-15-14(12)16(19)18(9-17-15)7-11-3-2-6-20-11/h4-5,8-9,11H,2-3,6-7H2,1H3/t11-/m1/s1. The van der Waals surface area contributed by atoms with Crippen molar-refractivity contribution in [1.82, 2.24) is 9.55 Å². The average Bonchev–Trinajstić information content (AvgIpc) is 3.22. The molecule has 0 aromatic carbocycles. The maximum atomic E-state index is 12.9. The lowest BCUT2D eigenvalue weighted by Gasteiger charge is -2.11. The Morgan fingerprint density at radius 1 is 1.45 bits per heavy atom. The molecule has 114 valence electrons. The van der Waals surface area contributed by atoms with Crippen LogP contribution >= 0.6 is 22.7 Å². The second-order valence-electron chi connectivity index (χ2n) is 5.58. The zero-order valence-corrected chi connectivity index (χ0v) is 13.9. The van der Waals surface area contributed by atoms with E-state index >= 15 is 0 Å². The van der Waals surface area contributed by atoms with Crippen LogP contribution in [0.2, 0.25) is 0 Å². The number of fused-ring (bicyclic) bond motifs is 1. The van der Waals surface area contributed by atoms with Crippen LogP contribution < -0.4 is 5.56 Å². The van der Waals surface area contributed by atoms with Crippen molar-refractivity contribution >= 4 is 32.9 Å². The Balaban J connectivity index is 1.81. The Morgan fingerprint density at radius 3 is 3.09 bits per heavy atom. The molecule has 4 heterocycles. The van der Waals surface area contributed by atoms with Crippen LogP contribution in [0.4, 0.5) is 0 Å². The summed E-state index contributed by atoms with van der Waals surface area (Å²) in [4.78, 5) is 20.5. The van der Waals surface area contributed by atoms with E-state index < -0.39 is 0 Å². The minimum absolute atomic E-state index is 0.0443. The molecule has 0 unspecified atom stereocenters. The maximum Gasteiger partial charge on any atom is 0.262 e. The molecule has 0 amide bonds. The number of aromatic nitrogens is 2. The van der Waals surface area contributed by atoms with Crippen LogP contribution in [0.5, 0.6) is 0 Å². The summed E-state index contributed by atoms with van der Waals surface area (Å²) in [5.41, 5.74) is 1.06. The van der Waals surface area contributed by atoms with Crippen molar-refractivity contribution in [3.63, 3.8) is 0 Å². The number of nitrogens with zero attached hydrogens (tertiary/aromatic N) is 2. The van der Waals surface area contributed by atoms with Crippen LogP contribution in [0.15, 0.2) is 28.6 Å². The van der Waals surface area contributed by atoms with Crippen molar-refractivity contribution in [3.8, 4) is 10.4 Å². The normalized spacial score (nSPS) is 18.3. The fourth-order valence-corrected chi connectivity index (χ4v) is 4.73. The van der Waals surface area contributed by atoms with Gasteiger partial charge in [0.15, 0.2) is 0 Å². The van der Waals surface area contributed by atoms with Gasteiger partial charge in [0.25, 0.3) is 5.56 Å². The molecule has 0 aliphatic carbocycles.